The molecule has 0 spiro atoms. The van der Waals surface area contributed by atoms with Crippen LogP contribution in [0.3, 0.4) is 0 Å². The van der Waals surface area contributed by atoms with Gasteiger partial charge in [0.15, 0.2) is 0 Å². The molecule has 2 heteroatoms. The SMILES string of the molecule is CC(C)Cc1cc(CCl)c(C(C)(C)C)cc1Br. The maximum atomic E-state index is 6.08. The van der Waals surface area contributed by atoms with Crippen molar-refractivity contribution in [1.29, 1.82) is 0 Å². The van der Waals surface area contributed by atoms with Crippen molar-refractivity contribution in [2.75, 3.05) is 0 Å². The molecule has 0 aliphatic carbocycles. The molecule has 0 atom stereocenters. The van der Waals surface area contributed by atoms with Crippen LogP contribution in [0.25, 0.3) is 0 Å². The molecule has 0 heterocycles. The highest BCUT2D eigenvalue weighted by atomic mass is 79.9. The van der Waals surface area contributed by atoms with Crippen LogP contribution in [-0.4, -0.2) is 0 Å². The minimum Gasteiger partial charge on any atom is -0.122 e. The van der Waals surface area contributed by atoms with Crippen molar-refractivity contribution in [3.63, 3.8) is 0 Å². The maximum Gasteiger partial charge on any atom is 0.0477 e. The van der Waals surface area contributed by atoms with Crippen LogP contribution < -0.4 is 0 Å². The van der Waals surface area contributed by atoms with Gasteiger partial charge in [0.25, 0.3) is 0 Å². The first-order chi connectivity index (χ1) is 7.75. The molecule has 96 valence electrons. The second-order valence-corrected chi connectivity index (χ2v) is 7.20. The molecular weight excluding hydrogens is 296 g/mol. The lowest BCUT2D eigenvalue weighted by molar-refractivity contribution is 0.583. The van der Waals surface area contributed by atoms with Crippen LogP contribution in [0.2, 0.25) is 0 Å². The van der Waals surface area contributed by atoms with Crippen LogP contribution in [0, 0.1) is 5.92 Å². The highest BCUT2D eigenvalue weighted by Gasteiger charge is 2.19. The number of alkyl halides is 1. The minimum absolute atomic E-state index is 0.142. The molecule has 0 N–H and O–H groups in total. The summed E-state index contributed by atoms with van der Waals surface area (Å²) in [6.45, 7) is 11.2. The second kappa shape index (κ2) is 5.75. The Balaban J connectivity index is 3.25. The molecule has 0 saturated carbocycles. The van der Waals surface area contributed by atoms with E-state index in [1.165, 1.54) is 21.2 Å². The number of hydrogen-bond acceptors (Lipinski definition) is 0. The van der Waals surface area contributed by atoms with E-state index in [-0.39, 0.29) is 5.41 Å². The first-order valence-corrected chi connectivity index (χ1v) is 7.46. The summed E-state index contributed by atoms with van der Waals surface area (Å²) in [4.78, 5) is 0. The molecule has 1 aromatic carbocycles. The summed E-state index contributed by atoms with van der Waals surface area (Å²) < 4.78 is 1.21. The number of benzene rings is 1. The van der Waals surface area contributed by atoms with E-state index in [0.717, 1.165) is 6.42 Å². The normalized spacial score (nSPS) is 12.2. The third kappa shape index (κ3) is 3.99. The Morgan fingerprint density at radius 3 is 2.18 bits per heavy atom. The number of rotatable bonds is 3. The lowest BCUT2D eigenvalue weighted by Gasteiger charge is -2.24. The molecular formula is C15H22BrCl. The zero-order chi connectivity index (χ0) is 13.2. The first-order valence-electron chi connectivity index (χ1n) is 6.13. The summed E-state index contributed by atoms with van der Waals surface area (Å²) in [6.07, 6.45) is 1.09. The van der Waals surface area contributed by atoms with Gasteiger partial charge >= 0.3 is 0 Å². The standard InChI is InChI=1S/C15H22BrCl/c1-10(2)6-11-7-12(9-17)13(8-14(11)16)15(3,4)5/h7-8,10H,6,9H2,1-5H3. The van der Waals surface area contributed by atoms with Gasteiger partial charge in [0.05, 0.1) is 0 Å². The van der Waals surface area contributed by atoms with Crippen LogP contribution in [0.5, 0.6) is 0 Å². The first kappa shape index (κ1) is 15.0. The molecule has 0 unspecified atom stereocenters. The summed E-state index contributed by atoms with van der Waals surface area (Å²) in [5, 5.41) is 0. The predicted octanol–water partition coefficient (Wildman–Crippen LogP) is 5.68. The fourth-order valence-corrected chi connectivity index (χ4v) is 2.80. The molecule has 1 aromatic rings. The zero-order valence-corrected chi connectivity index (χ0v) is 13.7. The fraction of sp³-hybridized carbons (Fsp3) is 0.600. The van der Waals surface area contributed by atoms with Crippen molar-refractivity contribution in [3.8, 4) is 0 Å². The Hall–Kier alpha value is -0.0100. The lowest BCUT2D eigenvalue weighted by Crippen LogP contribution is -2.14. The minimum atomic E-state index is 0.142. The molecule has 0 aliphatic heterocycles. The molecule has 0 aliphatic rings. The quantitative estimate of drug-likeness (QED) is 0.629. The van der Waals surface area contributed by atoms with Gasteiger partial charge in [-0.15, -0.1) is 11.6 Å². The zero-order valence-electron chi connectivity index (χ0n) is 11.4. The van der Waals surface area contributed by atoms with Crippen molar-refractivity contribution < 1.29 is 0 Å². The topological polar surface area (TPSA) is 0 Å². The van der Waals surface area contributed by atoms with E-state index in [4.69, 9.17) is 11.6 Å². The summed E-state index contributed by atoms with van der Waals surface area (Å²) in [5.41, 5.74) is 4.11. The van der Waals surface area contributed by atoms with E-state index in [1.54, 1.807) is 0 Å². The van der Waals surface area contributed by atoms with E-state index < -0.39 is 0 Å². The van der Waals surface area contributed by atoms with Crippen molar-refractivity contribution in [3.05, 3.63) is 33.3 Å². The fourth-order valence-electron chi connectivity index (χ4n) is 2.07. The van der Waals surface area contributed by atoms with Crippen molar-refractivity contribution >= 4 is 27.5 Å². The molecule has 0 aromatic heterocycles. The Bertz CT molecular complexity index is 389. The highest BCUT2D eigenvalue weighted by molar-refractivity contribution is 9.10. The van der Waals surface area contributed by atoms with Gasteiger partial charge in [-0.1, -0.05) is 56.6 Å². The van der Waals surface area contributed by atoms with Gasteiger partial charge in [-0.2, -0.15) is 0 Å². The Labute approximate surface area is 119 Å². The molecule has 0 saturated heterocycles. The summed E-state index contributed by atoms with van der Waals surface area (Å²) >= 11 is 9.77. The van der Waals surface area contributed by atoms with Gasteiger partial charge in [-0.3, -0.25) is 0 Å². The average molecular weight is 318 g/mol. The van der Waals surface area contributed by atoms with E-state index >= 15 is 0 Å². The summed E-state index contributed by atoms with van der Waals surface area (Å²) in [6, 6.07) is 4.51. The van der Waals surface area contributed by atoms with Crippen molar-refractivity contribution in [1.82, 2.24) is 0 Å². The van der Waals surface area contributed by atoms with Gasteiger partial charge in [-0.25, -0.2) is 0 Å². The van der Waals surface area contributed by atoms with Crippen molar-refractivity contribution in [2.45, 2.75) is 52.3 Å². The number of halogens is 2. The van der Waals surface area contributed by atoms with E-state index in [2.05, 4.69) is 62.7 Å². The Kier molecular flexibility index (Phi) is 5.09. The lowest BCUT2D eigenvalue weighted by atomic mass is 9.83. The third-order valence-corrected chi connectivity index (χ3v) is 3.88. The van der Waals surface area contributed by atoms with Gasteiger partial charge in [0.1, 0.15) is 0 Å². The molecule has 1 rings (SSSR count). The largest absolute Gasteiger partial charge is 0.122 e. The van der Waals surface area contributed by atoms with Crippen LogP contribution >= 0.6 is 27.5 Å². The molecule has 0 nitrogen and oxygen atoms in total. The predicted molar refractivity (Wildman–Crippen MR) is 80.9 cm³/mol. The molecule has 0 bridgehead atoms. The third-order valence-electron chi connectivity index (χ3n) is 2.85. The smallest absolute Gasteiger partial charge is 0.0477 e. The van der Waals surface area contributed by atoms with Crippen molar-refractivity contribution in [2.24, 2.45) is 5.92 Å². The van der Waals surface area contributed by atoms with Crippen LogP contribution in [-0.2, 0) is 17.7 Å². The highest BCUT2D eigenvalue weighted by Crippen LogP contribution is 2.32. The summed E-state index contributed by atoms with van der Waals surface area (Å²) in [5.74, 6) is 1.25. The van der Waals surface area contributed by atoms with Gasteiger partial charge in [0, 0.05) is 10.4 Å². The maximum absolute atomic E-state index is 6.08. The molecule has 0 fully saturated rings. The van der Waals surface area contributed by atoms with E-state index in [1.807, 2.05) is 0 Å². The second-order valence-electron chi connectivity index (χ2n) is 6.08. The monoisotopic (exact) mass is 316 g/mol. The summed E-state index contributed by atoms with van der Waals surface area (Å²) in [7, 11) is 0. The Morgan fingerprint density at radius 2 is 1.76 bits per heavy atom. The van der Waals surface area contributed by atoms with E-state index in [0.29, 0.717) is 11.8 Å². The van der Waals surface area contributed by atoms with Gasteiger partial charge in [-0.05, 0) is 40.5 Å². The average Bonchev–Trinajstić information content (AvgIpc) is 2.18. The van der Waals surface area contributed by atoms with Crippen LogP contribution in [0.1, 0.15) is 51.3 Å². The molecule has 0 amide bonds. The van der Waals surface area contributed by atoms with E-state index in [9.17, 15) is 0 Å². The number of hydrogen-bond donors (Lipinski definition) is 0. The van der Waals surface area contributed by atoms with Gasteiger partial charge in [0.2, 0.25) is 0 Å². The van der Waals surface area contributed by atoms with Crippen LogP contribution in [0.15, 0.2) is 16.6 Å². The molecule has 17 heavy (non-hydrogen) atoms. The Morgan fingerprint density at radius 1 is 1.18 bits per heavy atom. The molecule has 0 radical (unpaired) electrons. The van der Waals surface area contributed by atoms with Crippen LogP contribution in [0.4, 0.5) is 0 Å². The van der Waals surface area contributed by atoms with Gasteiger partial charge < -0.3 is 0 Å².